The second kappa shape index (κ2) is 4.93. The van der Waals surface area contributed by atoms with E-state index in [2.05, 4.69) is 10.4 Å². The number of hydrogen-bond acceptors (Lipinski definition) is 3. The Balaban J connectivity index is 2.56. The van der Waals surface area contributed by atoms with Crippen molar-refractivity contribution >= 4 is 5.97 Å². The lowest BCUT2D eigenvalue weighted by molar-refractivity contribution is -0.144. The molecule has 0 saturated heterocycles. The molecule has 1 unspecified atom stereocenters. The number of likely N-dealkylation sites (N-methyl/N-ethyl adjacent to an activating group) is 1. The molecule has 0 aliphatic carbocycles. The lowest BCUT2D eigenvalue weighted by Crippen LogP contribution is -2.50. The Labute approximate surface area is 89.1 Å². The van der Waals surface area contributed by atoms with E-state index in [-0.39, 0.29) is 0 Å². The van der Waals surface area contributed by atoms with Crippen molar-refractivity contribution in [2.24, 2.45) is 0 Å². The van der Waals surface area contributed by atoms with Crippen molar-refractivity contribution in [3.8, 4) is 0 Å². The van der Waals surface area contributed by atoms with Crippen LogP contribution in [0.4, 0.5) is 0 Å². The summed E-state index contributed by atoms with van der Waals surface area (Å²) in [5, 5.41) is 16.1. The highest BCUT2D eigenvalue weighted by Gasteiger charge is 2.31. The molecule has 0 aliphatic rings. The first kappa shape index (κ1) is 11.7. The molecule has 0 radical (unpaired) electrons. The standard InChI is InChI=1S/C10H17N3O2/c1-3-11-10(2,9(14)15)5-8-13-7-4-6-12-13/h4,6-7,11H,3,5,8H2,1-2H3,(H,14,15). The Morgan fingerprint density at radius 1 is 1.67 bits per heavy atom. The predicted octanol–water partition coefficient (Wildman–Crippen LogP) is 0.726. The average molecular weight is 211 g/mol. The summed E-state index contributed by atoms with van der Waals surface area (Å²) >= 11 is 0. The number of carbonyl (C=O) groups is 1. The molecule has 0 aromatic carbocycles. The van der Waals surface area contributed by atoms with Crippen molar-refractivity contribution in [1.82, 2.24) is 15.1 Å². The van der Waals surface area contributed by atoms with Crippen LogP contribution in [0.5, 0.6) is 0 Å². The molecule has 0 saturated carbocycles. The summed E-state index contributed by atoms with van der Waals surface area (Å²) in [6, 6.07) is 1.82. The van der Waals surface area contributed by atoms with Gasteiger partial charge in [0.1, 0.15) is 5.54 Å². The Morgan fingerprint density at radius 2 is 2.40 bits per heavy atom. The normalized spacial score (nSPS) is 14.8. The third kappa shape index (κ3) is 3.06. The van der Waals surface area contributed by atoms with Crippen LogP contribution in [-0.4, -0.2) is 32.9 Å². The number of nitrogens with one attached hydrogen (secondary N) is 1. The number of aliphatic carboxylic acids is 1. The quantitative estimate of drug-likeness (QED) is 0.727. The van der Waals surface area contributed by atoms with Gasteiger partial charge in [0.05, 0.1) is 0 Å². The van der Waals surface area contributed by atoms with Gasteiger partial charge in [0.2, 0.25) is 0 Å². The molecular weight excluding hydrogens is 194 g/mol. The highest BCUT2D eigenvalue weighted by atomic mass is 16.4. The number of hydrogen-bond donors (Lipinski definition) is 2. The van der Waals surface area contributed by atoms with Crippen LogP contribution in [0, 0.1) is 0 Å². The number of aryl methyl sites for hydroxylation is 1. The highest BCUT2D eigenvalue weighted by molar-refractivity contribution is 5.78. The fourth-order valence-corrected chi connectivity index (χ4v) is 1.43. The second-order valence-electron chi connectivity index (χ2n) is 3.69. The fourth-order valence-electron chi connectivity index (χ4n) is 1.43. The Morgan fingerprint density at radius 3 is 2.87 bits per heavy atom. The molecule has 0 spiro atoms. The first-order chi connectivity index (χ1) is 7.08. The van der Waals surface area contributed by atoms with Gasteiger partial charge in [-0.15, -0.1) is 0 Å². The van der Waals surface area contributed by atoms with Gasteiger partial charge in [-0.3, -0.25) is 9.48 Å². The van der Waals surface area contributed by atoms with Gasteiger partial charge in [0, 0.05) is 18.9 Å². The van der Waals surface area contributed by atoms with Crippen molar-refractivity contribution in [2.75, 3.05) is 6.54 Å². The molecule has 1 heterocycles. The van der Waals surface area contributed by atoms with Crippen LogP contribution in [-0.2, 0) is 11.3 Å². The zero-order valence-electron chi connectivity index (χ0n) is 9.10. The van der Waals surface area contributed by atoms with Gasteiger partial charge in [-0.1, -0.05) is 6.92 Å². The molecule has 1 rings (SSSR count). The molecule has 15 heavy (non-hydrogen) atoms. The molecule has 2 N–H and O–H groups in total. The van der Waals surface area contributed by atoms with E-state index in [1.165, 1.54) is 0 Å². The van der Waals surface area contributed by atoms with Crippen LogP contribution < -0.4 is 5.32 Å². The van der Waals surface area contributed by atoms with Gasteiger partial charge in [-0.05, 0) is 26.0 Å². The molecule has 1 aromatic heterocycles. The van der Waals surface area contributed by atoms with Crippen molar-refractivity contribution in [3.63, 3.8) is 0 Å². The summed E-state index contributed by atoms with van der Waals surface area (Å²) in [6.07, 6.45) is 4.03. The number of nitrogens with zero attached hydrogens (tertiary/aromatic N) is 2. The van der Waals surface area contributed by atoms with Crippen LogP contribution >= 0.6 is 0 Å². The first-order valence-electron chi connectivity index (χ1n) is 5.04. The molecule has 5 heteroatoms. The van der Waals surface area contributed by atoms with Gasteiger partial charge in [-0.25, -0.2) is 0 Å². The van der Waals surface area contributed by atoms with Gasteiger partial charge < -0.3 is 10.4 Å². The molecule has 0 bridgehead atoms. The molecule has 0 amide bonds. The summed E-state index contributed by atoms with van der Waals surface area (Å²) in [6.45, 7) is 4.84. The molecule has 5 nitrogen and oxygen atoms in total. The molecule has 84 valence electrons. The SMILES string of the molecule is CCNC(C)(CCn1cccn1)C(=O)O. The molecule has 0 aliphatic heterocycles. The topological polar surface area (TPSA) is 67.2 Å². The average Bonchev–Trinajstić information content (AvgIpc) is 2.67. The van der Waals surface area contributed by atoms with Gasteiger partial charge in [-0.2, -0.15) is 5.10 Å². The van der Waals surface area contributed by atoms with Gasteiger partial charge >= 0.3 is 5.97 Å². The van der Waals surface area contributed by atoms with E-state index in [4.69, 9.17) is 5.11 Å². The van der Waals surface area contributed by atoms with E-state index in [9.17, 15) is 4.79 Å². The number of carboxylic acids is 1. The predicted molar refractivity (Wildman–Crippen MR) is 56.6 cm³/mol. The van der Waals surface area contributed by atoms with E-state index in [0.29, 0.717) is 19.5 Å². The van der Waals surface area contributed by atoms with Crippen molar-refractivity contribution in [1.29, 1.82) is 0 Å². The lowest BCUT2D eigenvalue weighted by atomic mass is 9.98. The minimum absolute atomic E-state index is 0.512. The van der Waals surface area contributed by atoms with Crippen LogP contribution in [0.15, 0.2) is 18.5 Å². The van der Waals surface area contributed by atoms with Crippen molar-refractivity contribution in [3.05, 3.63) is 18.5 Å². The van der Waals surface area contributed by atoms with Crippen molar-refractivity contribution in [2.45, 2.75) is 32.4 Å². The van der Waals surface area contributed by atoms with Gasteiger partial charge in [0.15, 0.2) is 0 Å². The Hall–Kier alpha value is -1.36. The number of aromatic nitrogens is 2. The maximum Gasteiger partial charge on any atom is 0.323 e. The summed E-state index contributed by atoms with van der Waals surface area (Å²) < 4.78 is 1.73. The smallest absolute Gasteiger partial charge is 0.323 e. The fraction of sp³-hybridized carbons (Fsp3) is 0.600. The lowest BCUT2D eigenvalue weighted by Gasteiger charge is -2.25. The zero-order valence-corrected chi connectivity index (χ0v) is 9.10. The maximum atomic E-state index is 11.1. The third-order valence-electron chi connectivity index (χ3n) is 2.44. The summed E-state index contributed by atoms with van der Waals surface area (Å²) in [4.78, 5) is 11.1. The molecule has 0 fully saturated rings. The first-order valence-corrected chi connectivity index (χ1v) is 5.04. The van der Waals surface area contributed by atoms with Crippen LogP contribution in [0.3, 0.4) is 0 Å². The summed E-state index contributed by atoms with van der Waals surface area (Å²) in [5.41, 5.74) is -0.874. The number of rotatable bonds is 6. The monoisotopic (exact) mass is 211 g/mol. The molecule has 1 aromatic rings. The van der Waals surface area contributed by atoms with E-state index < -0.39 is 11.5 Å². The second-order valence-corrected chi connectivity index (χ2v) is 3.69. The van der Waals surface area contributed by atoms with Crippen LogP contribution in [0.25, 0.3) is 0 Å². The third-order valence-corrected chi connectivity index (χ3v) is 2.44. The summed E-state index contributed by atoms with van der Waals surface area (Å²) in [7, 11) is 0. The number of carboxylic acid groups (broad SMARTS) is 1. The van der Waals surface area contributed by atoms with Crippen LogP contribution in [0.2, 0.25) is 0 Å². The Kier molecular flexibility index (Phi) is 3.85. The van der Waals surface area contributed by atoms with E-state index >= 15 is 0 Å². The minimum atomic E-state index is -0.874. The van der Waals surface area contributed by atoms with E-state index in [0.717, 1.165) is 0 Å². The minimum Gasteiger partial charge on any atom is -0.480 e. The summed E-state index contributed by atoms with van der Waals surface area (Å²) in [5.74, 6) is -0.823. The van der Waals surface area contributed by atoms with E-state index in [1.54, 1.807) is 17.8 Å². The Bertz CT molecular complexity index is 310. The largest absolute Gasteiger partial charge is 0.480 e. The maximum absolute atomic E-state index is 11.1. The molecular formula is C10H17N3O2. The highest BCUT2D eigenvalue weighted by Crippen LogP contribution is 2.11. The van der Waals surface area contributed by atoms with E-state index in [1.807, 2.05) is 19.2 Å². The molecule has 1 atom stereocenters. The van der Waals surface area contributed by atoms with Gasteiger partial charge in [0.25, 0.3) is 0 Å². The zero-order chi connectivity index (χ0) is 11.3. The van der Waals surface area contributed by atoms with Crippen molar-refractivity contribution < 1.29 is 9.90 Å². The van der Waals surface area contributed by atoms with Crippen LogP contribution in [0.1, 0.15) is 20.3 Å².